The van der Waals surface area contributed by atoms with Crippen LogP contribution in [0.5, 0.6) is 5.75 Å². The Labute approximate surface area is 175 Å². The van der Waals surface area contributed by atoms with Crippen LogP contribution in [0.15, 0.2) is 90.0 Å². The third kappa shape index (κ3) is 6.60. The van der Waals surface area contributed by atoms with Crippen molar-refractivity contribution >= 4 is 18.0 Å². The maximum atomic E-state index is 11.9. The molecule has 0 aliphatic carbocycles. The van der Waals surface area contributed by atoms with Crippen LogP contribution >= 0.6 is 0 Å². The van der Waals surface area contributed by atoms with Crippen molar-refractivity contribution in [1.29, 1.82) is 0 Å². The number of hydrazone groups is 1. The maximum absolute atomic E-state index is 11.9. The largest absolute Gasteiger partial charge is 0.488 e. The minimum Gasteiger partial charge on any atom is -0.488 e. The first-order valence-electron chi connectivity index (χ1n) is 9.63. The van der Waals surface area contributed by atoms with Gasteiger partial charge in [-0.15, -0.1) is 0 Å². The van der Waals surface area contributed by atoms with Gasteiger partial charge in [0.15, 0.2) is 0 Å². The minimum atomic E-state index is -0.818. The summed E-state index contributed by atoms with van der Waals surface area (Å²) < 4.78 is 5.84. The van der Waals surface area contributed by atoms with E-state index < -0.39 is 11.8 Å². The summed E-state index contributed by atoms with van der Waals surface area (Å²) in [5.74, 6) is -0.912. The highest BCUT2D eigenvalue weighted by Gasteiger charge is 2.11. The van der Waals surface area contributed by atoms with Crippen LogP contribution in [0.25, 0.3) is 0 Å². The second-order valence-electron chi connectivity index (χ2n) is 6.50. The molecule has 3 aromatic carbocycles. The zero-order valence-electron chi connectivity index (χ0n) is 16.5. The fourth-order valence-electron chi connectivity index (χ4n) is 2.71. The highest BCUT2D eigenvalue weighted by atomic mass is 16.5. The van der Waals surface area contributed by atoms with E-state index in [2.05, 4.69) is 15.8 Å². The Balaban J connectivity index is 1.47. The number of ether oxygens (including phenoxy) is 1. The second kappa shape index (κ2) is 11.2. The van der Waals surface area contributed by atoms with E-state index >= 15 is 0 Å². The van der Waals surface area contributed by atoms with Gasteiger partial charge < -0.3 is 10.1 Å². The van der Waals surface area contributed by atoms with Crippen LogP contribution in [0, 0.1) is 0 Å². The van der Waals surface area contributed by atoms with Crippen LogP contribution < -0.4 is 15.5 Å². The van der Waals surface area contributed by atoms with Gasteiger partial charge in [0.25, 0.3) is 0 Å². The summed E-state index contributed by atoms with van der Waals surface area (Å²) in [4.78, 5) is 23.8. The van der Waals surface area contributed by atoms with E-state index in [0.717, 1.165) is 11.1 Å². The summed E-state index contributed by atoms with van der Waals surface area (Å²) in [5.41, 5.74) is 5.07. The quantitative estimate of drug-likeness (QED) is 0.346. The normalized spacial score (nSPS) is 10.5. The third-order valence-electron chi connectivity index (χ3n) is 4.27. The molecule has 0 aromatic heterocycles. The Morgan fingerprint density at radius 2 is 1.43 bits per heavy atom. The molecule has 0 spiro atoms. The number of nitrogens with zero attached hydrogens (tertiary/aromatic N) is 1. The topological polar surface area (TPSA) is 79.8 Å². The van der Waals surface area contributed by atoms with Crippen LogP contribution in [-0.2, 0) is 22.6 Å². The molecule has 30 heavy (non-hydrogen) atoms. The maximum Gasteiger partial charge on any atom is 0.329 e. The van der Waals surface area contributed by atoms with Crippen molar-refractivity contribution in [2.45, 2.75) is 13.0 Å². The molecular weight excluding hydrogens is 378 g/mol. The Hall–Kier alpha value is -3.93. The van der Waals surface area contributed by atoms with Gasteiger partial charge in [-0.1, -0.05) is 72.8 Å². The van der Waals surface area contributed by atoms with Crippen molar-refractivity contribution in [3.05, 3.63) is 102 Å². The predicted octanol–water partition coefficient (Wildman–Crippen LogP) is 3.07. The lowest BCUT2D eigenvalue weighted by Crippen LogP contribution is -2.38. The Kier molecular flexibility index (Phi) is 7.74. The van der Waals surface area contributed by atoms with Gasteiger partial charge >= 0.3 is 11.8 Å². The molecule has 0 saturated heterocycles. The standard InChI is InChI=1S/C24H23N3O3/c28-23(25-16-15-19-9-3-1-4-10-19)24(29)27-26-17-21-13-7-8-14-22(21)30-18-20-11-5-2-6-12-20/h1-14,17H,15-16,18H2,(H,25,28)(H,27,29). The molecule has 6 nitrogen and oxygen atoms in total. The van der Waals surface area contributed by atoms with E-state index in [4.69, 9.17) is 4.74 Å². The summed E-state index contributed by atoms with van der Waals surface area (Å²) in [6.45, 7) is 0.790. The number of amides is 2. The number of para-hydroxylation sites is 1. The van der Waals surface area contributed by atoms with Gasteiger partial charge in [-0.25, -0.2) is 5.43 Å². The molecule has 0 aliphatic heterocycles. The lowest BCUT2D eigenvalue weighted by Gasteiger charge is -2.09. The van der Waals surface area contributed by atoms with Gasteiger partial charge in [-0.2, -0.15) is 5.10 Å². The molecule has 3 aromatic rings. The van der Waals surface area contributed by atoms with E-state index in [1.807, 2.05) is 84.9 Å². The second-order valence-corrected chi connectivity index (χ2v) is 6.50. The number of carbonyl (C=O) groups excluding carboxylic acids is 2. The van der Waals surface area contributed by atoms with Crippen molar-refractivity contribution in [3.63, 3.8) is 0 Å². The number of hydrogen-bond acceptors (Lipinski definition) is 4. The summed E-state index contributed by atoms with van der Waals surface area (Å²) in [7, 11) is 0. The molecule has 0 aliphatic rings. The zero-order chi connectivity index (χ0) is 21.0. The Morgan fingerprint density at radius 3 is 2.17 bits per heavy atom. The van der Waals surface area contributed by atoms with Crippen molar-refractivity contribution in [1.82, 2.24) is 10.7 Å². The molecule has 0 radical (unpaired) electrons. The van der Waals surface area contributed by atoms with Gasteiger partial charge in [0.1, 0.15) is 12.4 Å². The van der Waals surface area contributed by atoms with Crippen LogP contribution in [0.2, 0.25) is 0 Å². The fraction of sp³-hybridized carbons (Fsp3) is 0.125. The van der Waals surface area contributed by atoms with E-state index in [1.54, 1.807) is 0 Å². The molecule has 0 heterocycles. The lowest BCUT2D eigenvalue weighted by atomic mass is 10.1. The lowest BCUT2D eigenvalue weighted by molar-refractivity contribution is -0.139. The number of carbonyl (C=O) groups is 2. The highest BCUT2D eigenvalue weighted by Crippen LogP contribution is 2.17. The first-order valence-corrected chi connectivity index (χ1v) is 9.63. The van der Waals surface area contributed by atoms with Gasteiger partial charge in [-0.05, 0) is 29.7 Å². The van der Waals surface area contributed by atoms with Crippen molar-refractivity contribution in [2.75, 3.05) is 6.54 Å². The minimum absolute atomic E-state index is 0.371. The van der Waals surface area contributed by atoms with Crippen LogP contribution in [0.1, 0.15) is 16.7 Å². The van der Waals surface area contributed by atoms with Gasteiger partial charge in [-0.3, -0.25) is 9.59 Å². The molecule has 0 unspecified atom stereocenters. The van der Waals surface area contributed by atoms with E-state index in [0.29, 0.717) is 30.9 Å². The highest BCUT2D eigenvalue weighted by molar-refractivity contribution is 6.35. The van der Waals surface area contributed by atoms with Crippen molar-refractivity contribution < 1.29 is 14.3 Å². The van der Waals surface area contributed by atoms with Crippen LogP contribution in [0.4, 0.5) is 0 Å². The molecule has 0 atom stereocenters. The first kappa shape index (κ1) is 20.8. The number of rotatable bonds is 8. The van der Waals surface area contributed by atoms with Gasteiger partial charge in [0, 0.05) is 12.1 Å². The number of hydrogen-bond donors (Lipinski definition) is 2. The van der Waals surface area contributed by atoms with E-state index in [-0.39, 0.29) is 0 Å². The van der Waals surface area contributed by atoms with Crippen LogP contribution in [-0.4, -0.2) is 24.6 Å². The van der Waals surface area contributed by atoms with Crippen molar-refractivity contribution in [3.8, 4) is 5.75 Å². The van der Waals surface area contributed by atoms with Gasteiger partial charge in [0.05, 0.1) is 6.21 Å². The number of nitrogens with one attached hydrogen (secondary N) is 2. The smallest absolute Gasteiger partial charge is 0.329 e. The molecular formula is C24H23N3O3. The molecule has 152 valence electrons. The average Bonchev–Trinajstić information content (AvgIpc) is 2.79. The molecule has 2 amide bonds. The molecule has 2 N–H and O–H groups in total. The molecule has 0 bridgehead atoms. The fourth-order valence-corrected chi connectivity index (χ4v) is 2.71. The van der Waals surface area contributed by atoms with Crippen LogP contribution in [0.3, 0.4) is 0 Å². The Morgan fingerprint density at radius 1 is 0.800 bits per heavy atom. The first-order chi connectivity index (χ1) is 14.7. The monoisotopic (exact) mass is 401 g/mol. The summed E-state index contributed by atoms with van der Waals surface area (Å²) >= 11 is 0. The third-order valence-corrected chi connectivity index (χ3v) is 4.27. The van der Waals surface area contributed by atoms with E-state index in [9.17, 15) is 9.59 Å². The zero-order valence-corrected chi connectivity index (χ0v) is 16.5. The number of benzene rings is 3. The summed E-state index contributed by atoms with van der Waals surface area (Å²) in [5, 5.41) is 6.46. The van der Waals surface area contributed by atoms with Gasteiger partial charge in [0.2, 0.25) is 0 Å². The molecule has 0 fully saturated rings. The molecule has 3 rings (SSSR count). The SMILES string of the molecule is O=C(NCCc1ccccc1)C(=O)NN=Cc1ccccc1OCc1ccccc1. The van der Waals surface area contributed by atoms with Crippen molar-refractivity contribution in [2.24, 2.45) is 5.10 Å². The molecule has 6 heteroatoms. The average molecular weight is 401 g/mol. The predicted molar refractivity (Wildman–Crippen MR) is 116 cm³/mol. The van der Waals surface area contributed by atoms with E-state index in [1.165, 1.54) is 6.21 Å². The summed E-state index contributed by atoms with van der Waals surface area (Å²) in [6.07, 6.45) is 2.10. The molecule has 0 saturated carbocycles. The summed E-state index contributed by atoms with van der Waals surface area (Å²) in [6, 6.07) is 26.9. The Bertz CT molecular complexity index is 989.